The third kappa shape index (κ3) is 3.70. The molecule has 4 nitrogen and oxygen atoms in total. The predicted octanol–water partition coefficient (Wildman–Crippen LogP) is 2.32. The van der Waals surface area contributed by atoms with Crippen LogP contribution in [0.3, 0.4) is 0 Å². The molecule has 5 heteroatoms. The number of ether oxygens (including phenoxy) is 1. The minimum absolute atomic E-state index is 0.170. The van der Waals surface area contributed by atoms with Crippen LogP contribution in [-0.4, -0.2) is 34.4 Å². The second-order valence-electron chi connectivity index (χ2n) is 5.54. The van der Waals surface area contributed by atoms with Crippen LogP contribution < -0.4 is 5.32 Å². The summed E-state index contributed by atoms with van der Waals surface area (Å²) in [6.07, 6.45) is 3.24. The van der Waals surface area contributed by atoms with Crippen molar-refractivity contribution in [2.45, 2.75) is 24.7 Å². The number of sulfone groups is 1. The molecule has 1 aliphatic rings. The zero-order valence-corrected chi connectivity index (χ0v) is 12.3. The maximum atomic E-state index is 11.7. The summed E-state index contributed by atoms with van der Waals surface area (Å²) in [5.74, 6) is 0. The third-order valence-corrected chi connectivity index (χ3v) is 4.85. The van der Waals surface area contributed by atoms with Gasteiger partial charge in [0.05, 0.1) is 10.6 Å². The molecule has 1 aromatic carbocycles. The van der Waals surface area contributed by atoms with Gasteiger partial charge in [-0.15, -0.1) is 0 Å². The molecule has 19 heavy (non-hydrogen) atoms. The van der Waals surface area contributed by atoms with Gasteiger partial charge in [-0.2, -0.15) is 0 Å². The summed E-state index contributed by atoms with van der Waals surface area (Å²) in [6.45, 7) is 4.55. The number of para-hydroxylation sites is 1. The average molecular weight is 283 g/mol. The molecule has 1 saturated heterocycles. The first-order chi connectivity index (χ1) is 8.91. The van der Waals surface area contributed by atoms with Crippen molar-refractivity contribution in [3.63, 3.8) is 0 Å². The number of nitrogens with one attached hydrogen (secondary N) is 1. The SMILES string of the molecule is CC1(CNc2ccccc2S(C)(=O)=O)CCOCC1. The van der Waals surface area contributed by atoms with Crippen LogP contribution >= 0.6 is 0 Å². The van der Waals surface area contributed by atoms with Crippen molar-refractivity contribution in [1.82, 2.24) is 0 Å². The maximum absolute atomic E-state index is 11.7. The number of benzene rings is 1. The molecule has 0 saturated carbocycles. The Morgan fingerprint density at radius 1 is 1.26 bits per heavy atom. The lowest BCUT2D eigenvalue weighted by Gasteiger charge is -2.34. The molecule has 0 radical (unpaired) electrons. The lowest BCUT2D eigenvalue weighted by Crippen LogP contribution is -2.33. The monoisotopic (exact) mass is 283 g/mol. The van der Waals surface area contributed by atoms with Crippen molar-refractivity contribution in [1.29, 1.82) is 0 Å². The Bertz CT molecular complexity index is 533. The highest BCUT2D eigenvalue weighted by Gasteiger charge is 2.27. The normalized spacial score (nSPS) is 19.1. The fourth-order valence-electron chi connectivity index (χ4n) is 2.29. The van der Waals surface area contributed by atoms with Gasteiger partial charge >= 0.3 is 0 Å². The van der Waals surface area contributed by atoms with Crippen molar-refractivity contribution in [3.8, 4) is 0 Å². The van der Waals surface area contributed by atoms with Gasteiger partial charge in [0.15, 0.2) is 9.84 Å². The van der Waals surface area contributed by atoms with Crippen molar-refractivity contribution in [2.24, 2.45) is 5.41 Å². The molecule has 0 bridgehead atoms. The molecule has 0 aromatic heterocycles. The van der Waals surface area contributed by atoms with Crippen LogP contribution in [0.2, 0.25) is 0 Å². The Morgan fingerprint density at radius 2 is 1.89 bits per heavy atom. The zero-order valence-electron chi connectivity index (χ0n) is 11.5. The number of anilines is 1. The van der Waals surface area contributed by atoms with E-state index >= 15 is 0 Å². The summed E-state index contributed by atoms with van der Waals surface area (Å²) in [5, 5.41) is 3.30. The standard InChI is InChI=1S/C14H21NO3S/c1-14(7-9-18-10-8-14)11-15-12-5-3-4-6-13(12)19(2,16)17/h3-6,15H,7-11H2,1-2H3. The van der Waals surface area contributed by atoms with Crippen molar-refractivity contribution in [2.75, 3.05) is 31.3 Å². The summed E-state index contributed by atoms with van der Waals surface area (Å²) in [7, 11) is -3.19. The maximum Gasteiger partial charge on any atom is 0.177 e. The van der Waals surface area contributed by atoms with E-state index < -0.39 is 9.84 Å². The van der Waals surface area contributed by atoms with E-state index in [9.17, 15) is 8.42 Å². The van der Waals surface area contributed by atoms with E-state index in [2.05, 4.69) is 12.2 Å². The Labute approximate surface area is 115 Å². The van der Waals surface area contributed by atoms with Gasteiger partial charge in [-0.05, 0) is 30.4 Å². The smallest absolute Gasteiger partial charge is 0.177 e. The van der Waals surface area contributed by atoms with E-state index in [1.54, 1.807) is 12.1 Å². The molecule has 0 spiro atoms. The van der Waals surface area contributed by atoms with Crippen LogP contribution in [0.15, 0.2) is 29.2 Å². The van der Waals surface area contributed by atoms with Crippen LogP contribution in [0.4, 0.5) is 5.69 Å². The molecule has 1 aliphatic heterocycles. The lowest BCUT2D eigenvalue weighted by atomic mass is 9.82. The van der Waals surface area contributed by atoms with Crippen molar-refractivity contribution < 1.29 is 13.2 Å². The number of hydrogen-bond donors (Lipinski definition) is 1. The fourth-order valence-corrected chi connectivity index (χ4v) is 3.15. The molecule has 0 aliphatic carbocycles. The first kappa shape index (κ1) is 14.3. The first-order valence-electron chi connectivity index (χ1n) is 6.51. The molecular weight excluding hydrogens is 262 g/mol. The zero-order chi connectivity index (χ0) is 13.9. The molecule has 106 valence electrons. The molecule has 0 amide bonds. The van der Waals surface area contributed by atoms with Gasteiger partial charge in [0.25, 0.3) is 0 Å². The van der Waals surface area contributed by atoms with Gasteiger partial charge in [0.2, 0.25) is 0 Å². The quantitative estimate of drug-likeness (QED) is 0.921. The molecule has 1 heterocycles. The Kier molecular flexibility index (Phi) is 4.16. The van der Waals surface area contributed by atoms with Crippen LogP contribution in [0, 0.1) is 5.41 Å². The first-order valence-corrected chi connectivity index (χ1v) is 8.41. The molecule has 1 fully saturated rings. The minimum Gasteiger partial charge on any atom is -0.383 e. The molecule has 0 atom stereocenters. The summed E-state index contributed by atoms with van der Waals surface area (Å²) in [5.41, 5.74) is 0.862. The summed E-state index contributed by atoms with van der Waals surface area (Å²) >= 11 is 0. The van der Waals surface area contributed by atoms with Gasteiger partial charge in [-0.3, -0.25) is 0 Å². The second kappa shape index (κ2) is 5.51. The van der Waals surface area contributed by atoms with E-state index in [0.29, 0.717) is 10.6 Å². The largest absolute Gasteiger partial charge is 0.383 e. The number of rotatable bonds is 4. The van der Waals surface area contributed by atoms with Crippen molar-refractivity contribution in [3.05, 3.63) is 24.3 Å². The van der Waals surface area contributed by atoms with Gasteiger partial charge < -0.3 is 10.1 Å². The fraction of sp³-hybridized carbons (Fsp3) is 0.571. The summed E-state index contributed by atoms with van der Waals surface area (Å²) in [4.78, 5) is 0.366. The van der Waals surface area contributed by atoms with Gasteiger partial charge in [-0.1, -0.05) is 19.1 Å². The highest BCUT2D eigenvalue weighted by atomic mass is 32.2. The van der Waals surface area contributed by atoms with E-state index in [-0.39, 0.29) is 5.41 Å². The van der Waals surface area contributed by atoms with E-state index in [1.807, 2.05) is 12.1 Å². The van der Waals surface area contributed by atoms with E-state index in [0.717, 1.165) is 32.6 Å². The Balaban J connectivity index is 2.12. The number of hydrogen-bond acceptors (Lipinski definition) is 4. The summed E-state index contributed by atoms with van der Waals surface area (Å²) < 4.78 is 28.8. The van der Waals surface area contributed by atoms with Gasteiger partial charge in [0, 0.05) is 26.0 Å². The molecule has 0 unspecified atom stereocenters. The second-order valence-corrected chi connectivity index (χ2v) is 7.53. The molecular formula is C14H21NO3S. The molecule has 2 rings (SSSR count). The Hall–Kier alpha value is -1.07. The molecule has 1 N–H and O–H groups in total. The topological polar surface area (TPSA) is 55.4 Å². The highest BCUT2D eigenvalue weighted by Crippen LogP contribution is 2.31. The van der Waals surface area contributed by atoms with E-state index in [1.165, 1.54) is 6.26 Å². The van der Waals surface area contributed by atoms with Crippen LogP contribution in [-0.2, 0) is 14.6 Å². The highest BCUT2D eigenvalue weighted by molar-refractivity contribution is 7.90. The lowest BCUT2D eigenvalue weighted by molar-refractivity contribution is 0.0300. The van der Waals surface area contributed by atoms with Crippen LogP contribution in [0.5, 0.6) is 0 Å². The minimum atomic E-state index is -3.19. The van der Waals surface area contributed by atoms with E-state index in [4.69, 9.17) is 4.74 Å². The Morgan fingerprint density at radius 3 is 2.53 bits per heavy atom. The summed E-state index contributed by atoms with van der Waals surface area (Å²) in [6, 6.07) is 7.06. The van der Waals surface area contributed by atoms with Crippen LogP contribution in [0.1, 0.15) is 19.8 Å². The van der Waals surface area contributed by atoms with Gasteiger partial charge in [0.1, 0.15) is 0 Å². The molecule has 1 aromatic rings. The van der Waals surface area contributed by atoms with Gasteiger partial charge in [-0.25, -0.2) is 8.42 Å². The predicted molar refractivity (Wildman–Crippen MR) is 76.2 cm³/mol. The van der Waals surface area contributed by atoms with Crippen molar-refractivity contribution >= 4 is 15.5 Å². The van der Waals surface area contributed by atoms with Crippen LogP contribution in [0.25, 0.3) is 0 Å². The average Bonchev–Trinajstić information content (AvgIpc) is 2.37. The third-order valence-electron chi connectivity index (χ3n) is 3.69.